The van der Waals surface area contributed by atoms with Gasteiger partial charge in [0.25, 0.3) is 0 Å². The summed E-state index contributed by atoms with van der Waals surface area (Å²) in [4.78, 5) is 5.40. The van der Waals surface area contributed by atoms with Crippen LogP contribution in [0, 0.1) is 0 Å². The molecule has 0 atom stereocenters. The number of hydroxylamine groups is 2. The van der Waals surface area contributed by atoms with Crippen molar-refractivity contribution in [3.63, 3.8) is 0 Å². The molecule has 0 unspecified atom stereocenters. The Morgan fingerprint density at radius 1 is 1.27 bits per heavy atom. The van der Waals surface area contributed by atoms with Crippen molar-refractivity contribution in [1.82, 2.24) is 5.06 Å². The zero-order valence-electron chi connectivity index (χ0n) is 9.95. The zero-order valence-corrected chi connectivity index (χ0v) is 10.9. The summed E-state index contributed by atoms with van der Waals surface area (Å²) < 4.78 is 0. The summed E-state index contributed by atoms with van der Waals surface area (Å²) >= 11 is 0. The van der Waals surface area contributed by atoms with E-state index in [1.807, 2.05) is 11.1 Å². The molecule has 0 bridgehead atoms. The van der Waals surface area contributed by atoms with Crippen LogP contribution in [0.3, 0.4) is 0 Å². The average molecular weight is 221 g/mol. The standard InChI is InChI=1S/C12H19NOSi/c1-11(15(3)4)13(14-2)10-12-8-6-5-7-9-12/h5-9H,10H2,1-4H3. The maximum atomic E-state index is 5.40. The van der Waals surface area contributed by atoms with Crippen molar-refractivity contribution in [1.29, 1.82) is 0 Å². The number of rotatable bonds is 4. The van der Waals surface area contributed by atoms with E-state index in [1.54, 1.807) is 7.11 Å². The van der Waals surface area contributed by atoms with Gasteiger partial charge >= 0.3 is 0 Å². The molecule has 0 amide bonds. The summed E-state index contributed by atoms with van der Waals surface area (Å²) in [5, 5.41) is 3.34. The third kappa shape index (κ3) is 3.61. The Morgan fingerprint density at radius 3 is 2.33 bits per heavy atom. The Labute approximate surface area is 93.7 Å². The van der Waals surface area contributed by atoms with E-state index < -0.39 is 8.41 Å². The van der Waals surface area contributed by atoms with E-state index in [2.05, 4.69) is 44.3 Å². The Hall–Kier alpha value is -0.933. The van der Waals surface area contributed by atoms with Gasteiger partial charge in [0, 0.05) is 13.7 Å². The minimum Gasteiger partial charge on any atom is -0.277 e. The van der Waals surface area contributed by atoms with Crippen molar-refractivity contribution in [2.24, 2.45) is 0 Å². The van der Waals surface area contributed by atoms with E-state index in [0.29, 0.717) is 0 Å². The maximum absolute atomic E-state index is 5.40. The largest absolute Gasteiger partial charge is 0.277 e. The molecule has 0 radical (unpaired) electrons. The quantitative estimate of drug-likeness (QED) is 0.572. The highest BCUT2D eigenvalue weighted by atomic mass is 28.2. The van der Waals surface area contributed by atoms with Crippen LogP contribution < -0.4 is 0 Å². The highest BCUT2D eigenvalue weighted by molar-refractivity contribution is 6.67. The van der Waals surface area contributed by atoms with Crippen LogP contribution >= 0.6 is 0 Å². The average Bonchev–Trinajstić information content (AvgIpc) is 2.26. The Balaban J connectivity index is 2.75. The van der Waals surface area contributed by atoms with Crippen LogP contribution in [0.15, 0.2) is 30.3 Å². The van der Waals surface area contributed by atoms with E-state index in [4.69, 9.17) is 4.84 Å². The molecular formula is C12H19NOSi. The van der Waals surface area contributed by atoms with Gasteiger partial charge in [-0.15, -0.1) is 0 Å². The molecule has 15 heavy (non-hydrogen) atoms. The molecule has 0 N–H and O–H groups in total. The second kappa shape index (κ2) is 5.83. The maximum Gasteiger partial charge on any atom is 0.0697 e. The van der Waals surface area contributed by atoms with Gasteiger partial charge in [-0.25, -0.2) is 0 Å². The molecule has 1 rings (SSSR count). The third-order valence-corrected chi connectivity index (χ3v) is 4.18. The van der Waals surface area contributed by atoms with Gasteiger partial charge in [0.1, 0.15) is 0 Å². The molecule has 0 saturated heterocycles. The number of nitrogens with zero attached hydrogens (tertiary/aromatic N) is 1. The summed E-state index contributed by atoms with van der Waals surface area (Å²) in [7, 11) is 1.31. The fourth-order valence-electron chi connectivity index (χ4n) is 1.32. The Kier molecular flexibility index (Phi) is 4.72. The number of hydrogen-bond acceptors (Lipinski definition) is 2. The lowest BCUT2D eigenvalue weighted by Crippen LogP contribution is -2.31. The van der Waals surface area contributed by atoms with E-state index in [0.717, 1.165) is 6.54 Å². The lowest BCUT2D eigenvalue weighted by Gasteiger charge is -2.23. The van der Waals surface area contributed by atoms with Crippen LogP contribution in [-0.4, -0.2) is 25.9 Å². The summed E-state index contributed by atoms with van der Waals surface area (Å²) in [6, 6.07) is 10.4. The lowest BCUT2D eigenvalue weighted by molar-refractivity contribution is -0.0705. The van der Waals surface area contributed by atoms with Crippen molar-refractivity contribution in [2.75, 3.05) is 7.11 Å². The second-order valence-electron chi connectivity index (χ2n) is 3.79. The van der Waals surface area contributed by atoms with Crippen LogP contribution in [0.2, 0.25) is 13.1 Å². The van der Waals surface area contributed by atoms with Crippen LogP contribution in [0.25, 0.3) is 0 Å². The number of hydrogen-bond donors (Lipinski definition) is 0. The van der Waals surface area contributed by atoms with Crippen LogP contribution in [-0.2, 0) is 11.4 Å². The molecule has 0 saturated carbocycles. The minimum atomic E-state index is -0.425. The van der Waals surface area contributed by atoms with Gasteiger partial charge in [-0.3, -0.25) is 9.90 Å². The van der Waals surface area contributed by atoms with Gasteiger partial charge < -0.3 is 0 Å². The predicted molar refractivity (Wildman–Crippen MR) is 67.2 cm³/mol. The highest BCUT2D eigenvalue weighted by Crippen LogP contribution is 2.05. The first-order valence-electron chi connectivity index (χ1n) is 5.14. The van der Waals surface area contributed by atoms with Crippen molar-refractivity contribution >= 4 is 13.7 Å². The molecule has 82 valence electrons. The van der Waals surface area contributed by atoms with Crippen molar-refractivity contribution in [2.45, 2.75) is 26.6 Å². The number of benzene rings is 1. The van der Waals surface area contributed by atoms with Gasteiger partial charge in [0.2, 0.25) is 0 Å². The molecule has 0 aliphatic rings. The molecule has 1 aromatic rings. The summed E-state index contributed by atoms with van der Waals surface area (Å²) in [5.74, 6) is 0. The first-order valence-corrected chi connectivity index (χ1v) is 7.64. The summed E-state index contributed by atoms with van der Waals surface area (Å²) in [6.07, 6.45) is 0. The van der Waals surface area contributed by atoms with E-state index >= 15 is 0 Å². The molecule has 0 aliphatic carbocycles. The van der Waals surface area contributed by atoms with Crippen molar-refractivity contribution in [3.05, 3.63) is 35.9 Å². The monoisotopic (exact) mass is 221 g/mol. The second-order valence-corrected chi connectivity index (χ2v) is 6.51. The predicted octanol–water partition coefficient (Wildman–Crippen LogP) is 2.54. The molecular weight excluding hydrogens is 202 g/mol. The molecule has 0 fully saturated rings. The van der Waals surface area contributed by atoms with Crippen LogP contribution in [0.4, 0.5) is 0 Å². The van der Waals surface area contributed by atoms with Gasteiger partial charge in [0.15, 0.2) is 0 Å². The first kappa shape index (κ1) is 12.1. The Morgan fingerprint density at radius 2 is 1.87 bits per heavy atom. The van der Waals surface area contributed by atoms with E-state index in [1.165, 1.54) is 10.9 Å². The summed E-state index contributed by atoms with van der Waals surface area (Å²) in [5.41, 5.74) is 1.28. The molecule has 3 heteroatoms. The van der Waals surface area contributed by atoms with Crippen molar-refractivity contribution in [3.8, 4) is 0 Å². The fraction of sp³-hybridized carbons (Fsp3) is 0.417. The van der Waals surface area contributed by atoms with Gasteiger partial charge in [-0.1, -0.05) is 43.4 Å². The van der Waals surface area contributed by atoms with Crippen molar-refractivity contribution < 1.29 is 4.84 Å². The van der Waals surface area contributed by atoms with Gasteiger partial charge in [-0.05, 0) is 12.5 Å². The molecule has 1 aromatic carbocycles. The van der Waals surface area contributed by atoms with Gasteiger partial charge in [-0.2, -0.15) is 0 Å². The van der Waals surface area contributed by atoms with Crippen LogP contribution in [0.5, 0.6) is 0 Å². The smallest absolute Gasteiger partial charge is 0.0697 e. The zero-order chi connectivity index (χ0) is 11.3. The van der Waals surface area contributed by atoms with E-state index in [9.17, 15) is 0 Å². The normalized spacial score (nSPS) is 9.87. The van der Waals surface area contributed by atoms with Gasteiger partial charge in [0.05, 0.1) is 13.7 Å². The highest BCUT2D eigenvalue weighted by Gasteiger charge is 2.06. The molecule has 0 spiro atoms. The third-order valence-electron chi connectivity index (χ3n) is 2.49. The first-order chi connectivity index (χ1) is 7.15. The van der Waals surface area contributed by atoms with E-state index in [-0.39, 0.29) is 0 Å². The molecule has 0 aliphatic heterocycles. The topological polar surface area (TPSA) is 12.5 Å². The molecule has 0 aromatic heterocycles. The molecule has 0 heterocycles. The fourth-order valence-corrected chi connectivity index (χ4v) is 1.99. The minimum absolute atomic E-state index is 0.425. The molecule has 2 nitrogen and oxygen atoms in total. The Bertz CT molecular complexity index is 331. The lowest BCUT2D eigenvalue weighted by atomic mass is 10.2. The SMILES string of the molecule is CON(Cc1ccccc1)C(C)=[Si](C)C. The van der Waals surface area contributed by atoms with Crippen LogP contribution in [0.1, 0.15) is 12.5 Å². The summed E-state index contributed by atoms with van der Waals surface area (Å²) in [6.45, 7) is 7.54.